The first kappa shape index (κ1) is 17.7. The SMILES string of the molecule is CP(C)c1ccc(-c2cnc(N)c(NCc3ccc4c(c3)CCO4)n2)cc1. The predicted molar refractivity (Wildman–Crippen MR) is 113 cm³/mol. The van der Waals surface area contributed by atoms with E-state index < -0.39 is 0 Å². The summed E-state index contributed by atoms with van der Waals surface area (Å²) in [5, 5.41) is 4.70. The molecule has 0 saturated carbocycles. The monoisotopic (exact) mass is 378 g/mol. The molecule has 3 N–H and O–H groups in total. The van der Waals surface area contributed by atoms with Gasteiger partial charge in [-0.15, -0.1) is 0 Å². The summed E-state index contributed by atoms with van der Waals surface area (Å²) in [5.74, 6) is 2.01. The Kier molecular flexibility index (Phi) is 4.95. The summed E-state index contributed by atoms with van der Waals surface area (Å²) < 4.78 is 5.56. The molecule has 3 aromatic rings. The molecule has 2 aromatic carbocycles. The number of nitrogens with two attached hydrogens (primary N) is 1. The lowest BCUT2D eigenvalue weighted by atomic mass is 10.1. The molecule has 138 valence electrons. The van der Waals surface area contributed by atoms with Gasteiger partial charge in [0.1, 0.15) is 5.75 Å². The molecule has 4 rings (SSSR count). The van der Waals surface area contributed by atoms with Crippen LogP contribution < -0.4 is 21.1 Å². The molecule has 1 aliphatic rings. The minimum Gasteiger partial charge on any atom is -0.493 e. The summed E-state index contributed by atoms with van der Waals surface area (Å²) >= 11 is 0. The highest BCUT2D eigenvalue weighted by Gasteiger charge is 2.12. The third-order valence-electron chi connectivity index (χ3n) is 4.69. The Morgan fingerprint density at radius 1 is 1.15 bits per heavy atom. The van der Waals surface area contributed by atoms with Crippen LogP contribution >= 0.6 is 7.92 Å². The zero-order chi connectivity index (χ0) is 18.8. The maximum absolute atomic E-state index is 6.03. The van der Waals surface area contributed by atoms with Gasteiger partial charge in [0.05, 0.1) is 18.5 Å². The van der Waals surface area contributed by atoms with Crippen LogP contribution in [0.25, 0.3) is 11.3 Å². The molecular weight excluding hydrogens is 355 g/mol. The van der Waals surface area contributed by atoms with Crippen molar-refractivity contribution in [3.8, 4) is 17.0 Å². The Hall–Kier alpha value is -2.65. The Balaban J connectivity index is 1.52. The summed E-state index contributed by atoms with van der Waals surface area (Å²) in [4.78, 5) is 9.01. The molecule has 0 atom stereocenters. The molecular formula is C21H23N4OP. The number of nitrogen functional groups attached to an aromatic ring is 1. The largest absolute Gasteiger partial charge is 0.493 e. The molecule has 2 heterocycles. The van der Waals surface area contributed by atoms with Gasteiger partial charge in [-0.05, 0) is 35.8 Å². The third kappa shape index (κ3) is 3.88. The number of ether oxygens (including phenoxy) is 1. The Morgan fingerprint density at radius 3 is 2.74 bits per heavy atom. The number of hydrogen-bond donors (Lipinski definition) is 2. The van der Waals surface area contributed by atoms with Gasteiger partial charge in [-0.25, -0.2) is 9.97 Å². The number of aromatic nitrogens is 2. The number of nitrogens with zero attached hydrogens (tertiary/aromatic N) is 2. The normalized spacial score (nSPS) is 12.7. The molecule has 27 heavy (non-hydrogen) atoms. The van der Waals surface area contributed by atoms with Gasteiger partial charge in [-0.2, -0.15) is 0 Å². The average Bonchev–Trinajstić information content (AvgIpc) is 3.15. The van der Waals surface area contributed by atoms with Crippen LogP contribution in [-0.2, 0) is 13.0 Å². The average molecular weight is 378 g/mol. The van der Waals surface area contributed by atoms with Crippen molar-refractivity contribution in [3.05, 3.63) is 59.8 Å². The van der Waals surface area contributed by atoms with E-state index in [4.69, 9.17) is 10.5 Å². The van der Waals surface area contributed by atoms with E-state index in [0.29, 0.717) is 18.2 Å². The van der Waals surface area contributed by atoms with Gasteiger partial charge in [0.25, 0.3) is 0 Å². The van der Waals surface area contributed by atoms with Crippen molar-refractivity contribution in [2.45, 2.75) is 13.0 Å². The smallest absolute Gasteiger partial charge is 0.169 e. The van der Waals surface area contributed by atoms with Crippen LogP contribution in [0.15, 0.2) is 48.7 Å². The van der Waals surface area contributed by atoms with Crippen molar-refractivity contribution in [3.63, 3.8) is 0 Å². The lowest BCUT2D eigenvalue weighted by molar-refractivity contribution is 0.357. The molecule has 0 fully saturated rings. The topological polar surface area (TPSA) is 73.1 Å². The fourth-order valence-corrected chi connectivity index (χ4v) is 3.88. The fourth-order valence-electron chi connectivity index (χ4n) is 3.13. The second-order valence-electron chi connectivity index (χ2n) is 6.82. The predicted octanol–water partition coefficient (Wildman–Crippen LogP) is 3.64. The summed E-state index contributed by atoms with van der Waals surface area (Å²) in [6.07, 6.45) is 2.69. The van der Waals surface area contributed by atoms with Gasteiger partial charge < -0.3 is 15.8 Å². The minimum atomic E-state index is -0.0993. The van der Waals surface area contributed by atoms with Crippen LogP contribution in [0.2, 0.25) is 0 Å². The number of rotatable bonds is 5. The number of hydrogen-bond acceptors (Lipinski definition) is 5. The van der Waals surface area contributed by atoms with E-state index >= 15 is 0 Å². The molecule has 0 unspecified atom stereocenters. The molecule has 0 spiro atoms. The van der Waals surface area contributed by atoms with Crippen molar-refractivity contribution in [2.75, 3.05) is 31.0 Å². The van der Waals surface area contributed by atoms with Crippen LogP contribution in [0, 0.1) is 0 Å². The maximum atomic E-state index is 6.03. The van der Waals surface area contributed by atoms with Crippen LogP contribution in [0.1, 0.15) is 11.1 Å². The molecule has 6 heteroatoms. The Morgan fingerprint density at radius 2 is 1.96 bits per heavy atom. The van der Waals surface area contributed by atoms with Crippen molar-refractivity contribution >= 4 is 24.9 Å². The van der Waals surface area contributed by atoms with E-state index in [0.717, 1.165) is 30.0 Å². The van der Waals surface area contributed by atoms with E-state index in [1.54, 1.807) is 6.20 Å². The summed E-state index contributed by atoms with van der Waals surface area (Å²) in [7, 11) is -0.0993. The highest BCUT2D eigenvalue weighted by Crippen LogP contribution is 2.28. The molecule has 0 bridgehead atoms. The quantitative estimate of drug-likeness (QED) is 0.663. The Labute approximate surface area is 160 Å². The number of benzene rings is 2. The van der Waals surface area contributed by atoms with Crippen LogP contribution in [0.5, 0.6) is 5.75 Å². The summed E-state index contributed by atoms with van der Waals surface area (Å²) in [5.41, 5.74) is 10.3. The van der Waals surface area contributed by atoms with Crippen LogP contribution in [0.4, 0.5) is 11.6 Å². The lowest BCUT2D eigenvalue weighted by Crippen LogP contribution is -2.07. The summed E-state index contributed by atoms with van der Waals surface area (Å²) in [6.45, 7) is 5.91. The first-order chi connectivity index (χ1) is 13.1. The van der Waals surface area contributed by atoms with E-state index in [-0.39, 0.29) is 7.92 Å². The number of anilines is 2. The van der Waals surface area contributed by atoms with Gasteiger partial charge in [-0.1, -0.05) is 44.3 Å². The van der Waals surface area contributed by atoms with E-state index in [1.807, 2.05) is 6.07 Å². The van der Waals surface area contributed by atoms with Gasteiger partial charge in [0.2, 0.25) is 0 Å². The van der Waals surface area contributed by atoms with Crippen molar-refractivity contribution in [1.82, 2.24) is 9.97 Å². The van der Waals surface area contributed by atoms with Crippen LogP contribution in [-0.4, -0.2) is 29.9 Å². The van der Waals surface area contributed by atoms with Crippen molar-refractivity contribution < 1.29 is 4.74 Å². The Bertz CT molecular complexity index is 957. The van der Waals surface area contributed by atoms with E-state index in [2.05, 4.69) is 65.0 Å². The molecule has 0 amide bonds. The second-order valence-corrected chi connectivity index (χ2v) is 9.13. The zero-order valence-electron chi connectivity index (χ0n) is 15.6. The van der Waals surface area contributed by atoms with Crippen molar-refractivity contribution in [2.24, 2.45) is 0 Å². The van der Waals surface area contributed by atoms with Crippen LogP contribution in [0.3, 0.4) is 0 Å². The fraction of sp³-hybridized carbons (Fsp3) is 0.238. The molecule has 0 radical (unpaired) electrons. The number of fused-ring (bicyclic) bond motifs is 1. The van der Waals surface area contributed by atoms with Gasteiger partial charge in [0, 0.05) is 18.5 Å². The van der Waals surface area contributed by atoms with E-state index in [9.17, 15) is 0 Å². The van der Waals surface area contributed by atoms with Gasteiger partial charge in [0.15, 0.2) is 11.6 Å². The van der Waals surface area contributed by atoms with Crippen molar-refractivity contribution in [1.29, 1.82) is 0 Å². The second kappa shape index (κ2) is 7.53. The van der Waals surface area contributed by atoms with Gasteiger partial charge in [-0.3, -0.25) is 0 Å². The molecule has 0 saturated heterocycles. The minimum absolute atomic E-state index is 0.0993. The highest BCUT2D eigenvalue weighted by atomic mass is 31.1. The van der Waals surface area contributed by atoms with E-state index in [1.165, 1.54) is 16.4 Å². The summed E-state index contributed by atoms with van der Waals surface area (Å²) in [6, 6.07) is 14.8. The third-order valence-corrected chi connectivity index (χ3v) is 6.03. The lowest BCUT2D eigenvalue weighted by Gasteiger charge is -2.11. The standard InChI is InChI=1S/C21H23N4OP/c1-27(2)17-6-4-15(5-7-17)18-13-23-20(22)21(25-18)24-12-14-3-8-19-16(11-14)9-10-26-19/h3-8,11,13H,9-10,12H2,1-2H3,(H2,22,23)(H,24,25). The molecule has 0 aliphatic carbocycles. The molecule has 1 aliphatic heterocycles. The maximum Gasteiger partial charge on any atom is 0.169 e. The molecule has 5 nitrogen and oxygen atoms in total. The zero-order valence-corrected chi connectivity index (χ0v) is 16.5. The molecule has 1 aromatic heterocycles. The number of nitrogens with one attached hydrogen (secondary N) is 1. The first-order valence-corrected chi connectivity index (χ1v) is 11.2. The van der Waals surface area contributed by atoms with Gasteiger partial charge >= 0.3 is 0 Å². The first-order valence-electron chi connectivity index (χ1n) is 8.99. The highest BCUT2D eigenvalue weighted by molar-refractivity contribution is 7.64.